The van der Waals surface area contributed by atoms with Gasteiger partial charge in [0.2, 0.25) is 0 Å². The number of aryl methyl sites for hydroxylation is 1. The first kappa shape index (κ1) is 23.5. The topological polar surface area (TPSA) is 12.0 Å². The number of halogens is 1. The van der Waals surface area contributed by atoms with Gasteiger partial charge in [-0.15, -0.1) is 0 Å². The summed E-state index contributed by atoms with van der Waals surface area (Å²) in [6.45, 7) is 5.62. The molecule has 0 aliphatic heterocycles. The number of hydrogen-bond acceptors (Lipinski definition) is 1. The van der Waals surface area contributed by atoms with Crippen molar-refractivity contribution in [2.75, 3.05) is 11.9 Å². The van der Waals surface area contributed by atoms with Gasteiger partial charge in [0, 0.05) is 16.7 Å². The van der Waals surface area contributed by atoms with Crippen LogP contribution in [0, 0.1) is 0 Å². The van der Waals surface area contributed by atoms with E-state index >= 15 is 0 Å². The van der Waals surface area contributed by atoms with Gasteiger partial charge in [-0.05, 0) is 36.6 Å². The number of rotatable bonds is 17. The van der Waals surface area contributed by atoms with Crippen molar-refractivity contribution in [1.29, 1.82) is 0 Å². The van der Waals surface area contributed by atoms with Crippen molar-refractivity contribution in [3.05, 3.63) is 28.2 Å². The zero-order valence-corrected chi connectivity index (χ0v) is 19.0. The number of anilines is 1. The van der Waals surface area contributed by atoms with E-state index in [9.17, 15) is 0 Å². The molecule has 0 saturated carbocycles. The first-order valence-electron chi connectivity index (χ1n) is 11.3. The Labute approximate surface area is 171 Å². The molecule has 0 aliphatic carbocycles. The third kappa shape index (κ3) is 12.0. The molecule has 150 valence electrons. The van der Waals surface area contributed by atoms with Crippen LogP contribution in [-0.4, -0.2) is 6.54 Å². The summed E-state index contributed by atoms with van der Waals surface area (Å²) in [5, 5.41) is 3.61. The van der Waals surface area contributed by atoms with Crippen molar-refractivity contribution in [3.63, 3.8) is 0 Å². The van der Waals surface area contributed by atoms with Gasteiger partial charge in [0.25, 0.3) is 0 Å². The van der Waals surface area contributed by atoms with E-state index < -0.39 is 0 Å². The molecule has 0 aliphatic rings. The Bertz CT molecular complexity index is 444. The van der Waals surface area contributed by atoms with Gasteiger partial charge in [-0.25, -0.2) is 0 Å². The van der Waals surface area contributed by atoms with Crippen molar-refractivity contribution in [2.45, 2.75) is 110 Å². The van der Waals surface area contributed by atoms with Crippen LogP contribution in [0.4, 0.5) is 5.69 Å². The van der Waals surface area contributed by atoms with Gasteiger partial charge in [0.05, 0.1) is 0 Å². The minimum Gasteiger partial charge on any atom is -0.385 e. The number of nitrogens with one attached hydrogen (secondary N) is 1. The maximum Gasteiger partial charge on any atom is 0.0373 e. The highest BCUT2D eigenvalue weighted by Gasteiger charge is 2.01. The summed E-state index contributed by atoms with van der Waals surface area (Å²) in [5.41, 5.74) is 2.72. The second-order valence-corrected chi connectivity index (χ2v) is 8.59. The third-order valence-electron chi connectivity index (χ3n) is 5.29. The molecule has 0 radical (unpaired) electrons. The van der Waals surface area contributed by atoms with E-state index in [1.807, 2.05) is 0 Å². The van der Waals surface area contributed by atoms with Gasteiger partial charge in [-0.1, -0.05) is 113 Å². The standard InChI is InChI=1S/C24H42BrN/c1-3-5-6-7-8-9-10-11-12-13-14-15-16-17-20-26-24-19-18-23(25)21-22(24)4-2/h18-19,21,26H,3-17,20H2,1-2H3. The van der Waals surface area contributed by atoms with Gasteiger partial charge in [-0.2, -0.15) is 0 Å². The van der Waals surface area contributed by atoms with E-state index in [0.29, 0.717) is 0 Å². The Kier molecular flexibility index (Phi) is 15.1. The lowest BCUT2D eigenvalue weighted by atomic mass is 10.0. The van der Waals surface area contributed by atoms with Crippen LogP contribution >= 0.6 is 15.9 Å². The molecule has 0 amide bonds. The van der Waals surface area contributed by atoms with Crippen LogP contribution < -0.4 is 5.32 Å². The van der Waals surface area contributed by atoms with Crippen molar-refractivity contribution in [2.24, 2.45) is 0 Å². The average Bonchev–Trinajstić information content (AvgIpc) is 2.65. The fraction of sp³-hybridized carbons (Fsp3) is 0.750. The van der Waals surface area contributed by atoms with Crippen LogP contribution in [0.2, 0.25) is 0 Å². The van der Waals surface area contributed by atoms with Crippen LogP contribution in [0.5, 0.6) is 0 Å². The Morgan fingerprint density at radius 1 is 0.692 bits per heavy atom. The molecule has 1 aromatic carbocycles. The summed E-state index contributed by atoms with van der Waals surface area (Å²) in [6.07, 6.45) is 21.0. The monoisotopic (exact) mass is 423 g/mol. The van der Waals surface area contributed by atoms with Gasteiger partial charge >= 0.3 is 0 Å². The predicted molar refractivity (Wildman–Crippen MR) is 122 cm³/mol. The minimum absolute atomic E-state index is 1.08. The van der Waals surface area contributed by atoms with Gasteiger partial charge in [0.1, 0.15) is 0 Å². The second-order valence-electron chi connectivity index (χ2n) is 7.68. The molecule has 1 nitrogen and oxygen atoms in total. The largest absolute Gasteiger partial charge is 0.385 e. The number of unbranched alkanes of at least 4 members (excludes halogenated alkanes) is 13. The molecule has 1 rings (SSSR count). The SMILES string of the molecule is CCCCCCCCCCCCCCCCNc1ccc(Br)cc1CC. The van der Waals surface area contributed by atoms with Gasteiger partial charge < -0.3 is 5.32 Å². The maximum absolute atomic E-state index is 3.61. The molecule has 26 heavy (non-hydrogen) atoms. The Balaban J connectivity index is 1.87. The Hall–Kier alpha value is -0.500. The van der Waals surface area contributed by atoms with Crippen molar-refractivity contribution in [1.82, 2.24) is 0 Å². The second kappa shape index (κ2) is 16.7. The van der Waals surface area contributed by atoms with Gasteiger partial charge in [-0.3, -0.25) is 0 Å². The first-order chi connectivity index (χ1) is 12.8. The third-order valence-corrected chi connectivity index (χ3v) is 5.79. The fourth-order valence-electron chi connectivity index (χ4n) is 3.57. The predicted octanol–water partition coefficient (Wildman–Crippen LogP) is 8.90. The molecule has 0 bridgehead atoms. The molecule has 2 heteroatoms. The molecule has 1 N–H and O–H groups in total. The van der Waals surface area contributed by atoms with Crippen LogP contribution in [0.3, 0.4) is 0 Å². The van der Waals surface area contributed by atoms with E-state index in [0.717, 1.165) is 13.0 Å². The summed E-state index contributed by atoms with van der Waals surface area (Å²) < 4.78 is 1.18. The van der Waals surface area contributed by atoms with Crippen LogP contribution in [-0.2, 0) is 6.42 Å². The molecule has 0 saturated heterocycles. The Morgan fingerprint density at radius 2 is 1.19 bits per heavy atom. The quantitative estimate of drug-likeness (QED) is 0.246. The highest BCUT2D eigenvalue weighted by atomic mass is 79.9. The molecule has 0 spiro atoms. The van der Waals surface area contributed by atoms with E-state index in [1.165, 1.54) is 106 Å². The lowest BCUT2D eigenvalue weighted by Crippen LogP contribution is -2.04. The Morgan fingerprint density at radius 3 is 1.69 bits per heavy atom. The smallest absolute Gasteiger partial charge is 0.0373 e. The molecule has 0 atom stereocenters. The average molecular weight is 425 g/mol. The van der Waals surface area contributed by atoms with Crippen LogP contribution in [0.15, 0.2) is 22.7 Å². The lowest BCUT2D eigenvalue weighted by Gasteiger charge is -2.11. The van der Waals surface area contributed by atoms with Gasteiger partial charge in [0.15, 0.2) is 0 Å². The van der Waals surface area contributed by atoms with Crippen molar-refractivity contribution < 1.29 is 0 Å². The highest BCUT2D eigenvalue weighted by Crippen LogP contribution is 2.21. The summed E-state index contributed by atoms with van der Waals surface area (Å²) in [7, 11) is 0. The summed E-state index contributed by atoms with van der Waals surface area (Å²) in [4.78, 5) is 0. The van der Waals surface area contributed by atoms with E-state index in [2.05, 4.69) is 53.3 Å². The summed E-state index contributed by atoms with van der Waals surface area (Å²) in [5.74, 6) is 0. The summed E-state index contributed by atoms with van der Waals surface area (Å²) >= 11 is 3.56. The van der Waals surface area contributed by atoms with E-state index in [4.69, 9.17) is 0 Å². The molecular weight excluding hydrogens is 382 g/mol. The molecule has 1 aromatic rings. The molecule has 0 heterocycles. The minimum atomic E-state index is 1.08. The molecule has 0 unspecified atom stereocenters. The highest BCUT2D eigenvalue weighted by molar-refractivity contribution is 9.10. The number of benzene rings is 1. The molecule has 0 fully saturated rings. The fourth-order valence-corrected chi connectivity index (χ4v) is 3.98. The van der Waals surface area contributed by atoms with Crippen LogP contribution in [0.1, 0.15) is 109 Å². The zero-order chi connectivity index (χ0) is 18.9. The van der Waals surface area contributed by atoms with Crippen molar-refractivity contribution >= 4 is 21.6 Å². The lowest BCUT2D eigenvalue weighted by molar-refractivity contribution is 0.537. The maximum atomic E-state index is 3.61. The zero-order valence-electron chi connectivity index (χ0n) is 17.4. The van der Waals surface area contributed by atoms with E-state index in [1.54, 1.807) is 0 Å². The normalized spacial score (nSPS) is 11.0. The van der Waals surface area contributed by atoms with Crippen molar-refractivity contribution in [3.8, 4) is 0 Å². The summed E-state index contributed by atoms with van der Waals surface area (Å²) in [6, 6.07) is 6.56. The number of hydrogen-bond donors (Lipinski definition) is 1. The molecule has 0 aromatic heterocycles. The first-order valence-corrected chi connectivity index (χ1v) is 12.1. The molecular formula is C24H42BrN. The van der Waals surface area contributed by atoms with E-state index in [-0.39, 0.29) is 0 Å². The van der Waals surface area contributed by atoms with Crippen LogP contribution in [0.25, 0.3) is 0 Å².